The van der Waals surface area contributed by atoms with Crippen LogP contribution in [0.15, 0.2) is 12.3 Å². The predicted molar refractivity (Wildman–Crippen MR) is 56.6 cm³/mol. The minimum atomic E-state index is 0.439. The van der Waals surface area contributed by atoms with Crippen molar-refractivity contribution in [3.8, 4) is 0 Å². The third-order valence-corrected chi connectivity index (χ3v) is 2.71. The van der Waals surface area contributed by atoms with Crippen molar-refractivity contribution in [2.24, 2.45) is 0 Å². The smallest absolute Gasteiger partial charge is 0.167 e. The standard InChI is InChI=1S/C9H13ClN4/c1-14-5-3-7(6-14)12-9-8(10)2-4-11-13-9/h2,4,7H,3,5-6H2,1H3,(H,12,13). The Kier molecular flexibility index (Phi) is 2.84. The summed E-state index contributed by atoms with van der Waals surface area (Å²) in [5.41, 5.74) is 0. The molecule has 1 aromatic heterocycles. The van der Waals surface area contributed by atoms with Gasteiger partial charge in [0, 0.05) is 12.6 Å². The molecule has 0 amide bonds. The summed E-state index contributed by atoms with van der Waals surface area (Å²) in [6.45, 7) is 2.16. The predicted octanol–water partition coefficient (Wildman–Crippen LogP) is 1.25. The molecule has 1 saturated heterocycles. The molecule has 0 saturated carbocycles. The Morgan fingerprint density at radius 2 is 2.50 bits per heavy atom. The summed E-state index contributed by atoms with van der Waals surface area (Å²) in [4.78, 5) is 2.28. The van der Waals surface area contributed by atoms with Crippen molar-refractivity contribution in [1.29, 1.82) is 0 Å². The van der Waals surface area contributed by atoms with Gasteiger partial charge in [-0.3, -0.25) is 0 Å². The van der Waals surface area contributed by atoms with E-state index in [9.17, 15) is 0 Å². The van der Waals surface area contributed by atoms with Crippen molar-refractivity contribution >= 4 is 17.4 Å². The fourth-order valence-electron chi connectivity index (χ4n) is 1.66. The largest absolute Gasteiger partial charge is 0.363 e. The van der Waals surface area contributed by atoms with Crippen LogP contribution in [0.3, 0.4) is 0 Å². The van der Waals surface area contributed by atoms with Gasteiger partial charge in [-0.2, -0.15) is 5.10 Å². The molecule has 76 valence electrons. The quantitative estimate of drug-likeness (QED) is 0.801. The van der Waals surface area contributed by atoms with E-state index in [0.717, 1.165) is 19.5 Å². The Balaban J connectivity index is 2.01. The van der Waals surface area contributed by atoms with E-state index >= 15 is 0 Å². The Morgan fingerprint density at radius 1 is 1.64 bits per heavy atom. The molecule has 1 atom stereocenters. The van der Waals surface area contributed by atoms with E-state index in [-0.39, 0.29) is 0 Å². The van der Waals surface area contributed by atoms with Gasteiger partial charge in [0.25, 0.3) is 0 Å². The first-order valence-corrected chi connectivity index (χ1v) is 5.06. The summed E-state index contributed by atoms with van der Waals surface area (Å²) >= 11 is 5.96. The third kappa shape index (κ3) is 2.13. The molecule has 0 spiro atoms. The molecule has 0 aliphatic carbocycles. The topological polar surface area (TPSA) is 41.0 Å². The van der Waals surface area contributed by atoms with Crippen molar-refractivity contribution in [2.75, 3.05) is 25.5 Å². The van der Waals surface area contributed by atoms with Gasteiger partial charge in [-0.1, -0.05) is 11.6 Å². The molecule has 0 radical (unpaired) electrons. The summed E-state index contributed by atoms with van der Waals surface area (Å²) in [7, 11) is 2.11. The molecular weight excluding hydrogens is 200 g/mol. The lowest BCUT2D eigenvalue weighted by Crippen LogP contribution is -2.24. The molecule has 0 bridgehead atoms. The normalized spacial score (nSPS) is 22.6. The van der Waals surface area contributed by atoms with Crippen LogP contribution in [-0.2, 0) is 0 Å². The lowest BCUT2D eigenvalue weighted by molar-refractivity contribution is 0.414. The molecule has 1 aliphatic heterocycles. The first-order chi connectivity index (χ1) is 6.75. The highest BCUT2D eigenvalue weighted by Gasteiger charge is 2.20. The third-order valence-electron chi connectivity index (χ3n) is 2.40. The molecule has 1 fully saturated rings. The van der Waals surface area contributed by atoms with E-state index in [4.69, 9.17) is 11.6 Å². The molecule has 1 N–H and O–H groups in total. The van der Waals surface area contributed by atoms with Gasteiger partial charge in [0.05, 0.1) is 11.2 Å². The molecular formula is C9H13ClN4. The van der Waals surface area contributed by atoms with E-state index in [2.05, 4.69) is 27.5 Å². The van der Waals surface area contributed by atoms with Gasteiger partial charge in [0.15, 0.2) is 5.82 Å². The highest BCUT2D eigenvalue weighted by Crippen LogP contribution is 2.19. The second kappa shape index (κ2) is 4.11. The Labute approximate surface area is 88.3 Å². The average Bonchev–Trinajstić information content (AvgIpc) is 2.56. The monoisotopic (exact) mass is 212 g/mol. The first-order valence-electron chi connectivity index (χ1n) is 4.68. The number of aromatic nitrogens is 2. The summed E-state index contributed by atoms with van der Waals surface area (Å²) in [5.74, 6) is 0.689. The van der Waals surface area contributed by atoms with Crippen molar-refractivity contribution in [2.45, 2.75) is 12.5 Å². The average molecular weight is 213 g/mol. The second-order valence-corrected chi connectivity index (χ2v) is 4.03. The number of anilines is 1. The van der Waals surface area contributed by atoms with Gasteiger partial charge in [-0.15, -0.1) is 5.10 Å². The Bertz CT molecular complexity index is 317. The minimum Gasteiger partial charge on any atom is -0.363 e. The van der Waals surface area contributed by atoms with Crippen LogP contribution in [0.2, 0.25) is 5.02 Å². The number of likely N-dealkylation sites (tertiary alicyclic amines) is 1. The molecule has 0 aromatic carbocycles. The first kappa shape index (κ1) is 9.68. The van der Waals surface area contributed by atoms with Crippen LogP contribution < -0.4 is 5.32 Å². The maximum atomic E-state index is 5.96. The Morgan fingerprint density at radius 3 is 3.14 bits per heavy atom. The van der Waals surface area contributed by atoms with Crippen molar-refractivity contribution in [3.05, 3.63) is 17.3 Å². The van der Waals surface area contributed by atoms with Crippen LogP contribution in [0, 0.1) is 0 Å². The van der Waals surface area contributed by atoms with Crippen LogP contribution in [-0.4, -0.2) is 41.3 Å². The lowest BCUT2D eigenvalue weighted by atomic mass is 10.2. The molecule has 2 rings (SSSR count). The van der Waals surface area contributed by atoms with E-state index in [1.165, 1.54) is 0 Å². The van der Waals surface area contributed by atoms with Crippen molar-refractivity contribution in [3.63, 3.8) is 0 Å². The minimum absolute atomic E-state index is 0.439. The molecule has 2 heterocycles. The van der Waals surface area contributed by atoms with Gasteiger partial charge in [0.1, 0.15) is 0 Å². The van der Waals surface area contributed by atoms with Gasteiger partial charge in [0.2, 0.25) is 0 Å². The molecule has 5 heteroatoms. The maximum Gasteiger partial charge on any atom is 0.167 e. The van der Waals surface area contributed by atoms with Crippen LogP contribution in [0.1, 0.15) is 6.42 Å². The number of hydrogen-bond donors (Lipinski definition) is 1. The van der Waals surface area contributed by atoms with Gasteiger partial charge < -0.3 is 10.2 Å². The van der Waals surface area contributed by atoms with Gasteiger partial charge in [-0.05, 0) is 26.1 Å². The maximum absolute atomic E-state index is 5.96. The van der Waals surface area contributed by atoms with E-state index in [1.807, 2.05) is 0 Å². The van der Waals surface area contributed by atoms with E-state index in [1.54, 1.807) is 12.3 Å². The van der Waals surface area contributed by atoms with Crippen LogP contribution in [0.5, 0.6) is 0 Å². The molecule has 1 aromatic rings. The molecule has 4 nitrogen and oxygen atoms in total. The van der Waals surface area contributed by atoms with Crippen LogP contribution in [0.25, 0.3) is 0 Å². The summed E-state index contributed by atoms with van der Waals surface area (Å²) in [6, 6.07) is 2.18. The van der Waals surface area contributed by atoms with Crippen LogP contribution >= 0.6 is 11.6 Å². The molecule has 1 unspecified atom stereocenters. The molecule has 1 aliphatic rings. The summed E-state index contributed by atoms with van der Waals surface area (Å²) in [6.07, 6.45) is 2.72. The number of halogens is 1. The number of hydrogen-bond acceptors (Lipinski definition) is 4. The van der Waals surface area contributed by atoms with E-state index in [0.29, 0.717) is 16.9 Å². The van der Waals surface area contributed by atoms with Crippen LogP contribution in [0.4, 0.5) is 5.82 Å². The summed E-state index contributed by atoms with van der Waals surface area (Å²) in [5, 5.41) is 11.7. The molecule has 14 heavy (non-hydrogen) atoms. The number of nitrogens with one attached hydrogen (secondary N) is 1. The van der Waals surface area contributed by atoms with Gasteiger partial charge >= 0.3 is 0 Å². The SMILES string of the molecule is CN1CCC(Nc2nnccc2Cl)C1. The number of likely N-dealkylation sites (N-methyl/N-ethyl adjacent to an activating group) is 1. The van der Waals surface area contributed by atoms with E-state index < -0.39 is 0 Å². The van der Waals surface area contributed by atoms with Gasteiger partial charge in [-0.25, -0.2) is 0 Å². The second-order valence-electron chi connectivity index (χ2n) is 3.62. The Hall–Kier alpha value is -0.870. The highest BCUT2D eigenvalue weighted by atomic mass is 35.5. The zero-order valence-corrected chi connectivity index (χ0v) is 8.83. The van der Waals surface area contributed by atoms with Crippen molar-refractivity contribution < 1.29 is 0 Å². The lowest BCUT2D eigenvalue weighted by Gasteiger charge is -2.13. The zero-order valence-electron chi connectivity index (χ0n) is 8.07. The van der Waals surface area contributed by atoms with Crippen molar-refractivity contribution in [1.82, 2.24) is 15.1 Å². The number of rotatable bonds is 2. The fraction of sp³-hybridized carbons (Fsp3) is 0.556. The summed E-state index contributed by atoms with van der Waals surface area (Å²) < 4.78 is 0. The highest BCUT2D eigenvalue weighted by molar-refractivity contribution is 6.32. The number of nitrogens with zero attached hydrogens (tertiary/aromatic N) is 3. The zero-order chi connectivity index (χ0) is 9.97. The fourth-order valence-corrected chi connectivity index (χ4v) is 1.81.